The van der Waals surface area contributed by atoms with E-state index in [4.69, 9.17) is 14.3 Å². The van der Waals surface area contributed by atoms with E-state index in [1.54, 1.807) is 14.0 Å². The van der Waals surface area contributed by atoms with Gasteiger partial charge in [0, 0.05) is 4.47 Å². The summed E-state index contributed by atoms with van der Waals surface area (Å²) in [6.07, 6.45) is 0. The Hall–Kier alpha value is -1.95. The SMILES string of the molecule is COc1ccc(Br)cc1NCc1cc(C(=O)O)c(C)o1. The first kappa shape index (κ1) is 14.5. The number of nitrogens with one attached hydrogen (secondary N) is 1. The van der Waals surface area contributed by atoms with Crippen LogP contribution in [0.4, 0.5) is 5.69 Å². The van der Waals surface area contributed by atoms with Gasteiger partial charge in [-0.25, -0.2) is 4.79 Å². The molecule has 0 unspecified atom stereocenters. The number of hydrogen-bond acceptors (Lipinski definition) is 4. The zero-order valence-corrected chi connectivity index (χ0v) is 12.7. The number of carbonyl (C=O) groups is 1. The quantitative estimate of drug-likeness (QED) is 0.869. The molecule has 1 aromatic heterocycles. The van der Waals surface area contributed by atoms with E-state index < -0.39 is 5.97 Å². The highest BCUT2D eigenvalue weighted by Gasteiger charge is 2.13. The first-order valence-corrected chi connectivity index (χ1v) is 6.70. The number of ether oxygens (including phenoxy) is 1. The molecule has 0 spiro atoms. The molecule has 0 saturated carbocycles. The molecule has 1 aromatic carbocycles. The highest BCUT2D eigenvalue weighted by molar-refractivity contribution is 9.10. The Morgan fingerprint density at radius 1 is 1.45 bits per heavy atom. The summed E-state index contributed by atoms with van der Waals surface area (Å²) < 4.78 is 11.6. The van der Waals surface area contributed by atoms with Crippen LogP contribution in [0.1, 0.15) is 21.9 Å². The van der Waals surface area contributed by atoms with Crippen LogP contribution in [0.3, 0.4) is 0 Å². The maximum atomic E-state index is 10.9. The molecule has 106 valence electrons. The van der Waals surface area contributed by atoms with Crippen molar-refractivity contribution in [1.82, 2.24) is 0 Å². The number of anilines is 1. The average molecular weight is 340 g/mol. The number of halogens is 1. The topological polar surface area (TPSA) is 71.7 Å². The number of benzene rings is 1. The Kier molecular flexibility index (Phi) is 4.34. The summed E-state index contributed by atoms with van der Waals surface area (Å²) in [6, 6.07) is 7.12. The third kappa shape index (κ3) is 3.14. The van der Waals surface area contributed by atoms with E-state index in [2.05, 4.69) is 21.2 Å². The van der Waals surface area contributed by atoms with Gasteiger partial charge in [-0.3, -0.25) is 0 Å². The van der Waals surface area contributed by atoms with Gasteiger partial charge in [0.05, 0.1) is 19.3 Å². The molecular formula is C14H14BrNO4. The number of methoxy groups -OCH3 is 1. The molecule has 5 nitrogen and oxygen atoms in total. The van der Waals surface area contributed by atoms with Gasteiger partial charge in [-0.05, 0) is 31.2 Å². The molecule has 0 atom stereocenters. The lowest BCUT2D eigenvalue weighted by Gasteiger charge is -2.10. The van der Waals surface area contributed by atoms with Crippen LogP contribution in [0.25, 0.3) is 0 Å². The van der Waals surface area contributed by atoms with Gasteiger partial charge in [0.25, 0.3) is 0 Å². The number of aryl methyl sites for hydroxylation is 1. The second-order valence-electron chi connectivity index (χ2n) is 4.19. The molecule has 1 heterocycles. The molecule has 0 aliphatic carbocycles. The smallest absolute Gasteiger partial charge is 0.339 e. The first-order chi connectivity index (χ1) is 9.51. The fourth-order valence-corrected chi connectivity index (χ4v) is 2.20. The van der Waals surface area contributed by atoms with Crippen molar-refractivity contribution in [1.29, 1.82) is 0 Å². The molecule has 0 saturated heterocycles. The highest BCUT2D eigenvalue weighted by atomic mass is 79.9. The summed E-state index contributed by atoms with van der Waals surface area (Å²) in [6.45, 7) is 2.01. The summed E-state index contributed by atoms with van der Waals surface area (Å²) in [5, 5.41) is 12.1. The summed E-state index contributed by atoms with van der Waals surface area (Å²) in [7, 11) is 1.59. The lowest BCUT2D eigenvalue weighted by Crippen LogP contribution is -2.00. The van der Waals surface area contributed by atoms with E-state index >= 15 is 0 Å². The Morgan fingerprint density at radius 2 is 2.20 bits per heavy atom. The van der Waals surface area contributed by atoms with Crippen molar-refractivity contribution in [2.45, 2.75) is 13.5 Å². The third-order valence-electron chi connectivity index (χ3n) is 2.81. The largest absolute Gasteiger partial charge is 0.495 e. The molecule has 0 fully saturated rings. The van der Waals surface area contributed by atoms with Gasteiger partial charge in [-0.15, -0.1) is 0 Å². The number of carboxylic acids is 1. The molecule has 2 aromatic rings. The van der Waals surface area contributed by atoms with Crippen LogP contribution in [0.15, 0.2) is 33.2 Å². The minimum absolute atomic E-state index is 0.183. The Morgan fingerprint density at radius 3 is 2.80 bits per heavy atom. The van der Waals surface area contributed by atoms with Crippen LogP contribution in [0.5, 0.6) is 5.75 Å². The molecule has 0 bridgehead atoms. The predicted octanol–water partition coefficient (Wildman–Crippen LogP) is 3.67. The van der Waals surface area contributed by atoms with Crippen molar-refractivity contribution < 1.29 is 19.1 Å². The van der Waals surface area contributed by atoms with Crippen LogP contribution in [-0.2, 0) is 6.54 Å². The Labute approximate surface area is 124 Å². The summed E-state index contributed by atoms with van der Waals surface area (Å²) >= 11 is 3.39. The number of hydrogen-bond donors (Lipinski definition) is 2. The lowest BCUT2D eigenvalue weighted by molar-refractivity contribution is 0.0695. The van der Waals surface area contributed by atoms with Crippen molar-refractivity contribution in [3.8, 4) is 5.75 Å². The van der Waals surface area contributed by atoms with Gasteiger partial charge < -0.3 is 19.6 Å². The molecule has 0 amide bonds. The Balaban J connectivity index is 2.14. The zero-order chi connectivity index (χ0) is 14.7. The summed E-state index contributed by atoms with van der Waals surface area (Å²) in [5.74, 6) is 0.671. The van der Waals surface area contributed by atoms with Crippen molar-refractivity contribution in [3.63, 3.8) is 0 Å². The summed E-state index contributed by atoms with van der Waals surface area (Å²) in [5.41, 5.74) is 0.982. The minimum atomic E-state index is -0.988. The van der Waals surface area contributed by atoms with E-state index in [9.17, 15) is 4.79 Å². The van der Waals surface area contributed by atoms with Crippen molar-refractivity contribution in [2.24, 2.45) is 0 Å². The van der Waals surface area contributed by atoms with Crippen LogP contribution < -0.4 is 10.1 Å². The molecule has 20 heavy (non-hydrogen) atoms. The lowest BCUT2D eigenvalue weighted by atomic mass is 10.2. The van der Waals surface area contributed by atoms with Crippen LogP contribution in [0, 0.1) is 6.92 Å². The third-order valence-corrected chi connectivity index (χ3v) is 3.31. The van der Waals surface area contributed by atoms with E-state index in [1.807, 2.05) is 18.2 Å². The van der Waals surface area contributed by atoms with Crippen LogP contribution in [-0.4, -0.2) is 18.2 Å². The average Bonchev–Trinajstić information content (AvgIpc) is 2.78. The number of furan rings is 1. The molecule has 0 aliphatic rings. The monoisotopic (exact) mass is 339 g/mol. The fourth-order valence-electron chi connectivity index (χ4n) is 1.84. The van der Waals surface area contributed by atoms with E-state index in [0.717, 1.165) is 10.2 Å². The second kappa shape index (κ2) is 6.00. The molecule has 0 radical (unpaired) electrons. The van der Waals surface area contributed by atoms with Gasteiger partial charge in [-0.2, -0.15) is 0 Å². The maximum absolute atomic E-state index is 10.9. The molecule has 2 N–H and O–H groups in total. The van der Waals surface area contributed by atoms with Crippen LogP contribution in [0.2, 0.25) is 0 Å². The van der Waals surface area contributed by atoms with E-state index in [-0.39, 0.29) is 5.56 Å². The molecule has 6 heteroatoms. The van der Waals surface area contributed by atoms with Gasteiger partial charge in [0.15, 0.2) is 0 Å². The normalized spacial score (nSPS) is 10.3. The molecule has 0 aliphatic heterocycles. The minimum Gasteiger partial charge on any atom is -0.495 e. The van der Waals surface area contributed by atoms with Gasteiger partial charge in [-0.1, -0.05) is 15.9 Å². The zero-order valence-electron chi connectivity index (χ0n) is 11.1. The van der Waals surface area contributed by atoms with Crippen LogP contribution >= 0.6 is 15.9 Å². The van der Waals surface area contributed by atoms with Gasteiger partial charge in [0.1, 0.15) is 22.8 Å². The first-order valence-electron chi connectivity index (χ1n) is 5.91. The van der Waals surface area contributed by atoms with Crippen molar-refractivity contribution in [3.05, 3.63) is 45.8 Å². The van der Waals surface area contributed by atoms with Crippen molar-refractivity contribution in [2.75, 3.05) is 12.4 Å². The standard InChI is InChI=1S/C14H14BrNO4/c1-8-11(14(17)18)6-10(20-8)7-16-12-5-9(15)3-4-13(12)19-2/h3-6,16H,7H2,1-2H3,(H,17,18). The fraction of sp³-hybridized carbons (Fsp3) is 0.214. The number of aromatic carboxylic acids is 1. The predicted molar refractivity (Wildman–Crippen MR) is 78.4 cm³/mol. The Bertz CT molecular complexity index is 636. The van der Waals surface area contributed by atoms with Gasteiger partial charge in [0.2, 0.25) is 0 Å². The summed E-state index contributed by atoms with van der Waals surface area (Å²) in [4.78, 5) is 10.9. The van der Waals surface area contributed by atoms with E-state index in [0.29, 0.717) is 23.8 Å². The highest BCUT2D eigenvalue weighted by Crippen LogP contribution is 2.28. The van der Waals surface area contributed by atoms with E-state index in [1.165, 1.54) is 6.07 Å². The molecule has 2 rings (SSSR count). The van der Waals surface area contributed by atoms with Crippen molar-refractivity contribution >= 4 is 27.6 Å². The molecular weight excluding hydrogens is 326 g/mol. The maximum Gasteiger partial charge on any atom is 0.339 e. The van der Waals surface area contributed by atoms with Gasteiger partial charge >= 0.3 is 5.97 Å². The number of rotatable bonds is 5. The number of carboxylic acid groups (broad SMARTS) is 1. The second-order valence-corrected chi connectivity index (χ2v) is 5.10.